The number of hydrogen-bond acceptors (Lipinski definition) is 4. The number of amides is 1. The number of rotatable bonds is 4. The van der Waals surface area contributed by atoms with E-state index in [4.69, 9.17) is 5.84 Å². The summed E-state index contributed by atoms with van der Waals surface area (Å²) in [5.74, 6) is 4.91. The standard InChI is InChI=1S/C14H22N4O/c1-17(2)13-6-7-18(10-13)9-11-4-3-5-12(8-11)14(19)16-15/h3-5,8,13H,6-7,9-10,15H2,1-2H3,(H,16,19). The number of carbonyl (C=O) groups is 1. The molecule has 1 amide bonds. The van der Waals surface area contributed by atoms with Crippen LogP contribution < -0.4 is 11.3 Å². The molecule has 1 saturated heterocycles. The van der Waals surface area contributed by atoms with E-state index in [1.54, 1.807) is 6.07 Å². The molecule has 5 nitrogen and oxygen atoms in total. The third kappa shape index (κ3) is 3.53. The Balaban J connectivity index is 1.98. The monoisotopic (exact) mass is 262 g/mol. The Bertz CT molecular complexity index is 447. The molecule has 2 rings (SSSR count). The molecular weight excluding hydrogens is 240 g/mol. The van der Waals surface area contributed by atoms with Gasteiger partial charge in [0.25, 0.3) is 5.91 Å². The molecule has 0 aliphatic carbocycles. The molecule has 1 unspecified atom stereocenters. The largest absolute Gasteiger partial charge is 0.305 e. The van der Waals surface area contributed by atoms with E-state index in [-0.39, 0.29) is 5.91 Å². The van der Waals surface area contributed by atoms with Gasteiger partial charge in [0.1, 0.15) is 0 Å². The summed E-state index contributed by atoms with van der Waals surface area (Å²) in [6, 6.07) is 8.27. The highest BCUT2D eigenvalue weighted by Crippen LogP contribution is 2.16. The van der Waals surface area contributed by atoms with Gasteiger partial charge in [-0.2, -0.15) is 0 Å². The van der Waals surface area contributed by atoms with Crippen molar-refractivity contribution in [1.82, 2.24) is 15.2 Å². The molecule has 0 spiro atoms. The molecule has 1 aliphatic heterocycles. The predicted octanol–water partition coefficient (Wildman–Crippen LogP) is 0.426. The molecule has 1 aromatic carbocycles. The Kier molecular flexibility index (Phi) is 4.52. The van der Waals surface area contributed by atoms with Gasteiger partial charge in [0.2, 0.25) is 0 Å². The van der Waals surface area contributed by atoms with E-state index in [9.17, 15) is 4.79 Å². The first-order valence-corrected chi connectivity index (χ1v) is 6.59. The van der Waals surface area contributed by atoms with Gasteiger partial charge in [-0.25, -0.2) is 5.84 Å². The molecule has 0 saturated carbocycles. The summed E-state index contributed by atoms with van der Waals surface area (Å²) in [5, 5.41) is 0. The van der Waals surface area contributed by atoms with Crippen molar-refractivity contribution >= 4 is 5.91 Å². The normalized spacial score (nSPS) is 19.9. The Morgan fingerprint density at radius 3 is 2.95 bits per heavy atom. The summed E-state index contributed by atoms with van der Waals surface area (Å²) in [7, 11) is 4.25. The van der Waals surface area contributed by atoms with E-state index in [1.165, 1.54) is 6.42 Å². The number of benzene rings is 1. The number of hydrogen-bond donors (Lipinski definition) is 2. The highest BCUT2D eigenvalue weighted by atomic mass is 16.2. The van der Waals surface area contributed by atoms with E-state index in [1.807, 2.05) is 12.1 Å². The maximum Gasteiger partial charge on any atom is 0.265 e. The molecule has 104 valence electrons. The maximum absolute atomic E-state index is 11.5. The Hall–Kier alpha value is -1.43. The number of hydrazine groups is 1. The predicted molar refractivity (Wildman–Crippen MR) is 75.5 cm³/mol. The maximum atomic E-state index is 11.5. The SMILES string of the molecule is CN(C)C1CCN(Cc2cccc(C(=O)NN)c2)C1. The van der Waals surface area contributed by atoms with E-state index in [2.05, 4.69) is 35.4 Å². The lowest BCUT2D eigenvalue weighted by Gasteiger charge is -2.20. The van der Waals surface area contributed by atoms with Gasteiger partial charge in [0.05, 0.1) is 0 Å². The molecule has 0 bridgehead atoms. The van der Waals surface area contributed by atoms with Crippen LogP contribution in [0, 0.1) is 0 Å². The first-order chi connectivity index (χ1) is 9.10. The topological polar surface area (TPSA) is 61.6 Å². The van der Waals surface area contributed by atoms with Crippen LogP contribution in [0.25, 0.3) is 0 Å². The fourth-order valence-corrected chi connectivity index (χ4v) is 2.53. The Morgan fingerprint density at radius 2 is 2.32 bits per heavy atom. The van der Waals surface area contributed by atoms with Gasteiger partial charge < -0.3 is 4.90 Å². The summed E-state index contributed by atoms with van der Waals surface area (Å²) in [6.07, 6.45) is 1.20. The first-order valence-electron chi connectivity index (χ1n) is 6.59. The summed E-state index contributed by atoms with van der Waals surface area (Å²) in [6.45, 7) is 3.08. The van der Waals surface area contributed by atoms with Crippen LogP contribution in [0.3, 0.4) is 0 Å². The molecule has 1 atom stereocenters. The van der Waals surface area contributed by atoms with Gasteiger partial charge >= 0.3 is 0 Å². The van der Waals surface area contributed by atoms with E-state index >= 15 is 0 Å². The Morgan fingerprint density at radius 1 is 1.53 bits per heavy atom. The van der Waals surface area contributed by atoms with Crippen LogP contribution in [0.4, 0.5) is 0 Å². The number of nitrogens with one attached hydrogen (secondary N) is 1. The van der Waals surface area contributed by atoms with Gasteiger partial charge in [-0.05, 0) is 38.2 Å². The van der Waals surface area contributed by atoms with Crippen LogP contribution in [-0.4, -0.2) is 48.9 Å². The molecule has 1 aromatic rings. The molecule has 3 N–H and O–H groups in total. The molecule has 1 heterocycles. The third-order valence-electron chi connectivity index (χ3n) is 3.70. The van der Waals surface area contributed by atoms with Crippen LogP contribution in [-0.2, 0) is 6.54 Å². The van der Waals surface area contributed by atoms with Gasteiger partial charge in [0.15, 0.2) is 0 Å². The molecule has 0 radical (unpaired) electrons. The van der Waals surface area contributed by atoms with Crippen molar-refractivity contribution in [3.8, 4) is 0 Å². The lowest BCUT2D eigenvalue weighted by Crippen LogP contribution is -2.31. The summed E-state index contributed by atoms with van der Waals surface area (Å²) < 4.78 is 0. The zero-order valence-corrected chi connectivity index (χ0v) is 11.6. The fraction of sp³-hybridized carbons (Fsp3) is 0.500. The number of nitrogen functional groups attached to an aromatic ring is 1. The third-order valence-corrected chi connectivity index (χ3v) is 3.70. The molecule has 1 fully saturated rings. The average Bonchev–Trinajstić information content (AvgIpc) is 2.87. The second-order valence-electron chi connectivity index (χ2n) is 5.32. The van der Waals surface area contributed by atoms with E-state index < -0.39 is 0 Å². The van der Waals surface area contributed by atoms with Crippen molar-refractivity contribution < 1.29 is 4.79 Å². The zero-order valence-electron chi connectivity index (χ0n) is 11.6. The van der Waals surface area contributed by atoms with Crippen molar-refractivity contribution in [2.75, 3.05) is 27.2 Å². The number of likely N-dealkylation sites (N-methyl/N-ethyl adjacent to an activating group) is 1. The van der Waals surface area contributed by atoms with Crippen LogP contribution in [0.2, 0.25) is 0 Å². The second kappa shape index (κ2) is 6.14. The number of likely N-dealkylation sites (tertiary alicyclic amines) is 1. The van der Waals surface area contributed by atoms with Gasteiger partial charge in [-0.3, -0.25) is 15.1 Å². The van der Waals surface area contributed by atoms with Crippen LogP contribution in [0.5, 0.6) is 0 Å². The molecule has 19 heavy (non-hydrogen) atoms. The highest BCUT2D eigenvalue weighted by molar-refractivity contribution is 5.93. The molecule has 1 aliphatic rings. The fourth-order valence-electron chi connectivity index (χ4n) is 2.53. The quantitative estimate of drug-likeness (QED) is 0.469. The van der Waals surface area contributed by atoms with E-state index in [0.717, 1.165) is 25.2 Å². The smallest absolute Gasteiger partial charge is 0.265 e. The van der Waals surface area contributed by atoms with E-state index in [0.29, 0.717) is 11.6 Å². The Labute approximate surface area is 114 Å². The summed E-state index contributed by atoms with van der Waals surface area (Å²) in [4.78, 5) is 16.2. The van der Waals surface area contributed by atoms with Crippen LogP contribution in [0.15, 0.2) is 24.3 Å². The summed E-state index contributed by atoms with van der Waals surface area (Å²) >= 11 is 0. The van der Waals surface area contributed by atoms with Crippen molar-refractivity contribution in [1.29, 1.82) is 0 Å². The van der Waals surface area contributed by atoms with Crippen molar-refractivity contribution in [3.05, 3.63) is 35.4 Å². The summed E-state index contributed by atoms with van der Waals surface area (Å²) in [5.41, 5.74) is 3.93. The first kappa shape index (κ1) is 14.0. The van der Waals surface area contributed by atoms with Crippen LogP contribution in [0.1, 0.15) is 22.3 Å². The lowest BCUT2D eigenvalue weighted by atomic mass is 10.1. The second-order valence-corrected chi connectivity index (χ2v) is 5.32. The van der Waals surface area contributed by atoms with Gasteiger partial charge in [-0.1, -0.05) is 12.1 Å². The minimum absolute atomic E-state index is 0.241. The molecule has 0 aromatic heterocycles. The number of nitrogens with zero attached hydrogens (tertiary/aromatic N) is 2. The van der Waals surface area contributed by atoms with Gasteiger partial charge in [-0.15, -0.1) is 0 Å². The van der Waals surface area contributed by atoms with Crippen LogP contribution >= 0.6 is 0 Å². The number of nitrogens with two attached hydrogens (primary N) is 1. The minimum Gasteiger partial charge on any atom is -0.305 e. The van der Waals surface area contributed by atoms with Crippen molar-refractivity contribution in [2.45, 2.75) is 19.0 Å². The highest BCUT2D eigenvalue weighted by Gasteiger charge is 2.23. The van der Waals surface area contributed by atoms with Crippen molar-refractivity contribution in [3.63, 3.8) is 0 Å². The van der Waals surface area contributed by atoms with Crippen molar-refractivity contribution in [2.24, 2.45) is 5.84 Å². The molecular formula is C14H22N4O. The lowest BCUT2D eigenvalue weighted by molar-refractivity contribution is 0.0953. The molecule has 5 heteroatoms. The number of carbonyl (C=O) groups excluding carboxylic acids is 1. The van der Waals surface area contributed by atoms with Gasteiger partial charge in [0, 0.05) is 31.2 Å². The minimum atomic E-state index is -0.241. The average molecular weight is 262 g/mol. The zero-order chi connectivity index (χ0) is 13.8.